The van der Waals surface area contributed by atoms with Crippen LogP contribution in [-0.4, -0.2) is 49.8 Å². The average Bonchev–Trinajstić information content (AvgIpc) is 2.64. The first-order valence-electron chi connectivity index (χ1n) is 9.46. The van der Waals surface area contributed by atoms with E-state index in [1.807, 2.05) is 0 Å². The maximum Gasteiger partial charge on any atom is 0.251 e. The number of amides is 2. The molecule has 0 spiro atoms. The van der Waals surface area contributed by atoms with Crippen LogP contribution in [0, 0.1) is 5.92 Å². The van der Waals surface area contributed by atoms with Crippen molar-refractivity contribution in [2.45, 2.75) is 45.3 Å². The molecule has 8 heteroatoms. The number of hydrogen-bond acceptors (Lipinski definition) is 5. The van der Waals surface area contributed by atoms with Crippen molar-refractivity contribution in [3.8, 4) is 0 Å². The van der Waals surface area contributed by atoms with Gasteiger partial charge in [0.2, 0.25) is 11.0 Å². The molecule has 1 heterocycles. The Kier molecular flexibility index (Phi) is 7.11. The van der Waals surface area contributed by atoms with Crippen LogP contribution in [0.15, 0.2) is 24.3 Å². The first-order valence-corrected chi connectivity index (χ1v) is 13.1. The average molecular weight is 423 g/mol. The second-order valence-electron chi connectivity index (χ2n) is 8.53. The van der Waals surface area contributed by atoms with Gasteiger partial charge in [0, 0.05) is 43.3 Å². The third-order valence-corrected chi connectivity index (χ3v) is 11.0. The van der Waals surface area contributed by atoms with Crippen molar-refractivity contribution in [2.75, 3.05) is 20.2 Å². The van der Waals surface area contributed by atoms with Gasteiger partial charge in [-0.1, -0.05) is 32.9 Å². The van der Waals surface area contributed by atoms with Gasteiger partial charge in [-0.05, 0) is 36.7 Å². The van der Waals surface area contributed by atoms with E-state index in [4.69, 9.17) is 4.43 Å². The van der Waals surface area contributed by atoms with Gasteiger partial charge in [-0.15, -0.1) is 0 Å². The van der Waals surface area contributed by atoms with E-state index in [-0.39, 0.29) is 27.9 Å². The molecular formula is C20H30N2O4SSi. The fraction of sp³-hybridized carbons (Fsp3) is 0.550. The first-order chi connectivity index (χ1) is 13.0. The van der Waals surface area contributed by atoms with Gasteiger partial charge in [0.15, 0.2) is 8.32 Å². The summed E-state index contributed by atoms with van der Waals surface area (Å²) in [6.07, 6.45) is 0.683. The van der Waals surface area contributed by atoms with Crippen LogP contribution >= 0.6 is 11.9 Å². The van der Waals surface area contributed by atoms with Crippen LogP contribution in [0.2, 0.25) is 18.1 Å². The minimum Gasteiger partial charge on any atom is -0.417 e. The molecule has 1 N–H and O–H groups in total. The molecule has 1 saturated heterocycles. The Morgan fingerprint density at radius 1 is 1.29 bits per heavy atom. The second-order valence-corrected chi connectivity index (χ2v) is 14.3. The van der Waals surface area contributed by atoms with Gasteiger partial charge in [-0.2, -0.15) is 0 Å². The van der Waals surface area contributed by atoms with Crippen molar-refractivity contribution < 1.29 is 18.8 Å². The quantitative estimate of drug-likeness (QED) is 0.412. The number of carbonyl (C=O) groups excluding carboxylic acids is 3. The lowest BCUT2D eigenvalue weighted by Gasteiger charge is -2.39. The molecule has 2 rings (SSSR count). The maximum absolute atomic E-state index is 12.4. The van der Waals surface area contributed by atoms with Crippen LogP contribution in [-0.2, 0) is 9.22 Å². The van der Waals surface area contributed by atoms with E-state index in [0.717, 1.165) is 11.9 Å². The summed E-state index contributed by atoms with van der Waals surface area (Å²) in [5, 5.41) is 2.44. The Morgan fingerprint density at radius 3 is 2.50 bits per heavy atom. The summed E-state index contributed by atoms with van der Waals surface area (Å²) in [6, 6.07) is 6.50. The fourth-order valence-corrected chi connectivity index (χ4v) is 4.50. The van der Waals surface area contributed by atoms with Crippen molar-refractivity contribution in [2.24, 2.45) is 5.92 Å². The molecule has 0 unspecified atom stereocenters. The van der Waals surface area contributed by atoms with Gasteiger partial charge >= 0.3 is 0 Å². The number of carbonyl (C=O) groups is 3. The largest absolute Gasteiger partial charge is 0.417 e. The molecule has 1 aromatic rings. The van der Waals surface area contributed by atoms with Crippen LogP contribution in [0.3, 0.4) is 0 Å². The van der Waals surface area contributed by atoms with Gasteiger partial charge in [0.05, 0.1) is 5.92 Å². The van der Waals surface area contributed by atoms with E-state index in [1.54, 1.807) is 31.3 Å². The summed E-state index contributed by atoms with van der Waals surface area (Å²) >= 11 is 0.904. The first kappa shape index (κ1) is 22.6. The highest BCUT2D eigenvalue weighted by atomic mass is 32.2. The summed E-state index contributed by atoms with van der Waals surface area (Å²) in [7, 11) is -0.264. The zero-order chi connectivity index (χ0) is 21.1. The van der Waals surface area contributed by atoms with E-state index in [9.17, 15) is 14.4 Å². The molecule has 28 heavy (non-hydrogen) atoms. The smallest absolute Gasteiger partial charge is 0.251 e. The Morgan fingerprint density at radius 2 is 1.93 bits per heavy atom. The molecule has 154 valence electrons. The minimum absolute atomic E-state index is 0.0281. The molecule has 0 saturated carbocycles. The maximum atomic E-state index is 12.4. The summed E-state index contributed by atoms with van der Waals surface area (Å²) in [6.45, 7) is 12.1. The topological polar surface area (TPSA) is 75.7 Å². The lowest BCUT2D eigenvalue weighted by molar-refractivity contribution is -0.140. The summed E-state index contributed by atoms with van der Waals surface area (Å²) in [4.78, 5) is 36.5. The number of hydrogen-bond donors (Lipinski definition) is 1. The third kappa shape index (κ3) is 5.24. The highest BCUT2D eigenvalue weighted by molar-refractivity contribution is 8.12. The summed E-state index contributed by atoms with van der Waals surface area (Å²) in [5.74, 6) is -0.358. The highest BCUT2D eigenvalue weighted by Crippen LogP contribution is 2.37. The monoisotopic (exact) mass is 422 g/mol. The Bertz CT molecular complexity index is 761. The zero-order valence-corrected chi connectivity index (χ0v) is 19.3. The molecular weight excluding hydrogens is 392 g/mol. The predicted octanol–water partition coefficient (Wildman–Crippen LogP) is 3.70. The molecule has 0 radical (unpaired) electrons. The molecule has 0 aromatic heterocycles. The van der Waals surface area contributed by atoms with Crippen molar-refractivity contribution in [3.63, 3.8) is 0 Å². The molecule has 0 aliphatic carbocycles. The second kappa shape index (κ2) is 8.80. The van der Waals surface area contributed by atoms with Crippen LogP contribution in [0.4, 0.5) is 0 Å². The molecule has 1 atom stereocenters. The van der Waals surface area contributed by atoms with Gasteiger partial charge in [0.25, 0.3) is 5.91 Å². The molecule has 1 fully saturated rings. The molecule has 1 aromatic carbocycles. The number of benzene rings is 1. The molecule has 6 nitrogen and oxygen atoms in total. The zero-order valence-electron chi connectivity index (χ0n) is 17.5. The summed E-state index contributed by atoms with van der Waals surface area (Å²) < 4.78 is 7.63. The van der Waals surface area contributed by atoms with E-state index in [0.29, 0.717) is 30.7 Å². The Balaban J connectivity index is 1.83. The van der Waals surface area contributed by atoms with Crippen LogP contribution in [0.5, 0.6) is 0 Å². The number of nitrogens with zero attached hydrogens (tertiary/aromatic N) is 1. The van der Waals surface area contributed by atoms with Gasteiger partial charge in [-0.25, -0.2) is 0 Å². The van der Waals surface area contributed by atoms with Crippen molar-refractivity contribution in [3.05, 3.63) is 35.4 Å². The SMILES string of the molecule is CNC(=O)c1cccc(C(=O)SN2C[C@H](CCO[Si](C)(C)C(C)(C)C)C2=O)c1. The molecule has 2 amide bonds. The van der Waals surface area contributed by atoms with Crippen molar-refractivity contribution in [1.82, 2.24) is 9.62 Å². The van der Waals surface area contributed by atoms with Gasteiger partial charge < -0.3 is 9.74 Å². The summed E-state index contributed by atoms with van der Waals surface area (Å²) in [5.41, 5.74) is 0.827. The normalized spacial score (nSPS) is 17.3. The van der Waals surface area contributed by atoms with Crippen molar-refractivity contribution >= 4 is 37.2 Å². The van der Waals surface area contributed by atoms with Crippen LogP contribution in [0.1, 0.15) is 47.9 Å². The van der Waals surface area contributed by atoms with Gasteiger partial charge in [0.1, 0.15) is 0 Å². The fourth-order valence-electron chi connectivity index (χ4n) is 2.51. The van der Waals surface area contributed by atoms with E-state index in [2.05, 4.69) is 39.2 Å². The number of rotatable bonds is 7. The Hall–Kier alpha value is -1.64. The number of nitrogens with one attached hydrogen (secondary N) is 1. The van der Waals surface area contributed by atoms with E-state index < -0.39 is 8.32 Å². The van der Waals surface area contributed by atoms with Gasteiger partial charge in [-0.3, -0.25) is 18.7 Å². The van der Waals surface area contributed by atoms with Crippen LogP contribution < -0.4 is 5.32 Å². The Labute approximate surface area is 172 Å². The van der Waals surface area contributed by atoms with E-state index in [1.165, 1.54) is 4.31 Å². The predicted molar refractivity (Wildman–Crippen MR) is 115 cm³/mol. The molecule has 1 aliphatic rings. The third-order valence-electron chi connectivity index (χ3n) is 5.50. The van der Waals surface area contributed by atoms with Crippen molar-refractivity contribution in [1.29, 1.82) is 0 Å². The minimum atomic E-state index is -1.80. The number of β-lactam (4-membered cyclic amide) rings is 1. The lowest BCUT2D eigenvalue weighted by Crippen LogP contribution is -2.50. The standard InChI is InChI=1S/C20H30N2O4SSi/c1-20(2,3)28(5,6)26-11-10-16-13-22(18(16)24)27-19(25)15-9-7-8-14(12-15)17(23)21-4/h7-9,12,16H,10-11,13H2,1-6H3,(H,21,23)/t16-/m0/s1. The molecule has 1 aliphatic heterocycles. The lowest BCUT2D eigenvalue weighted by atomic mass is 9.99. The van der Waals surface area contributed by atoms with E-state index >= 15 is 0 Å². The molecule has 0 bridgehead atoms. The van der Waals surface area contributed by atoms with Crippen LogP contribution in [0.25, 0.3) is 0 Å². The highest BCUT2D eigenvalue weighted by Gasteiger charge is 2.40.